The summed E-state index contributed by atoms with van der Waals surface area (Å²) >= 11 is 8.20. The van der Waals surface area contributed by atoms with Crippen LogP contribution >= 0.6 is 34.7 Å². The molecule has 0 unspecified atom stereocenters. The molecule has 2 aromatic carbocycles. The molecule has 0 atom stereocenters. The largest absolute Gasteiger partial charge is 0.379 e. The number of hydrogen-bond donors (Lipinski definition) is 1. The zero-order chi connectivity index (χ0) is 24.1. The lowest BCUT2D eigenvalue weighted by molar-refractivity contribution is 0.0730. The van der Waals surface area contributed by atoms with Crippen molar-refractivity contribution in [1.29, 1.82) is 0 Å². The van der Waals surface area contributed by atoms with E-state index in [9.17, 15) is 18.0 Å². The lowest BCUT2D eigenvalue weighted by Crippen LogP contribution is -2.40. The van der Waals surface area contributed by atoms with Gasteiger partial charge in [0.2, 0.25) is 15.2 Å². The Kier molecular flexibility index (Phi) is 7.96. The second-order valence-electron chi connectivity index (χ2n) is 7.09. The van der Waals surface area contributed by atoms with Crippen molar-refractivity contribution in [2.45, 2.75) is 9.24 Å². The Hall–Kier alpha value is -2.35. The topological polar surface area (TPSA) is 119 Å². The quantitative estimate of drug-likeness (QED) is 0.263. The molecule has 178 valence electrons. The maximum Gasteiger partial charge on any atom is 0.257 e. The van der Waals surface area contributed by atoms with Gasteiger partial charge in [-0.15, -0.1) is 10.2 Å². The molecular formula is C21H19ClN4O5S3. The Morgan fingerprint density at radius 1 is 1.03 bits per heavy atom. The third kappa shape index (κ3) is 6.01. The van der Waals surface area contributed by atoms with Crippen LogP contribution < -0.4 is 5.32 Å². The van der Waals surface area contributed by atoms with Crippen LogP contribution in [0.5, 0.6) is 0 Å². The van der Waals surface area contributed by atoms with Crippen molar-refractivity contribution in [3.05, 3.63) is 64.7 Å². The smallest absolute Gasteiger partial charge is 0.257 e. The van der Waals surface area contributed by atoms with Crippen LogP contribution in [0.25, 0.3) is 0 Å². The number of aromatic nitrogens is 2. The van der Waals surface area contributed by atoms with E-state index in [1.165, 1.54) is 40.3 Å². The number of nitrogens with one attached hydrogen (secondary N) is 1. The maximum absolute atomic E-state index is 12.7. The number of ketones is 1. The van der Waals surface area contributed by atoms with E-state index in [0.29, 0.717) is 41.2 Å². The number of carbonyl (C=O) groups excluding carboxylic acids is 2. The summed E-state index contributed by atoms with van der Waals surface area (Å²) in [6, 6.07) is 12.3. The minimum absolute atomic E-state index is 0.0745. The number of amides is 1. The van der Waals surface area contributed by atoms with Crippen molar-refractivity contribution >= 4 is 61.5 Å². The molecule has 1 aromatic heterocycles. The molecule has 1 fully saturated rings. The molecule has 1 N–H and O–H groups in total. The van der Waals surface area contributed by atoms with Gasteiger partial charge in [0.15, 0.2) is 10.1 Å². The SMILES string of the molecule is O=C(CSc1nnc(NC(=O)c2ccc(S(=O)(=O)N3CCOCC3)cc2)s1)c1ccc(Cl)cc1. The third-order valence-electron chi connectivity index (χ3n) is 4.84. The van der Waals surface area contributed by atoms with Crippen LogP contribution in [-0.2, 0) is 14.8 Å². The second-order valence-corrected chi connectivity index (χ2v) is 11.7. The predicted molar refractivity (Wildman–Crippen MR) is 130 cm³/mol. The number of hydrogen-bond acceptors (Lipinski definition) is 9. The first-order valence-corrected chi connectivity index (χ1v) is 13.7. The van der Waals surface area contributed by atoms with Gasteiger partial charge in [0.05, 0.1) is 23.9 Å². The van der Waals surface area contributed by atoms with Crippen molar-refractivity contribution in [1.82, 2.24) is 14.5 Å². The highest BCUT2D eigenvalue weighted by molar-refractivity contribution is 8.01. The molecule has 0 aliphatic carbocycles. The predicted octanol–water partition coefficient (Wildman–Crippen LogP) is 3.44. The Balaban J connectivity index is 1.33. The van der Waals surface area contributed by atoms with Gasteiger partial charge in [0, 0.05) is 29.2 Å². The van der Waals surface area contributed by atoms with Crippen LogP contribution in [-0.4, -0.2) is 66.7 Å². The summed E-state index contributed by atoms with van der Waals surface area (Å²) in [7, 11) is -3.63. The van der Waals surface area contributed by atoms with Crippen LogP contribution in [0.4, 0.5) is 5.13 Å². The second kappa shape index (κ2) is 10.9. The molecule has 1 aliphatic heterocycles. The molecule has 0 spiro atoms. The molecule has 0 saturated carbocycles. The van der Waals surface area contributed by atoms with Gasteiger partial charge < -0.3 is 4.74 Å². The number of benzene rings is 2. The van der Waals surface area contributed by atoms with E-state index < -0.39 is 15.9 Å². The minimum atomic E-state index is -3.63. The average Bonchev–Trinajstić information content (AvgIpc) is 3.30. The Morgan fingerprint density at radius 2 is 1.68 bits per heavy atom. The van der Waals surface area contributed by atoms with Gasteiger partial charge in [-0.25, -0.2) is 8.42 Å². The number of ether oxygens (including phenoxy) is 1. The van der Waals surface area contributed by atoms with Gasteiger partial charge in [-0.3, -0.25) is 14.9 Å². The molecular weight excluding hydrogens is 520 g/mol. The number of Topliss-reactive ketones (excluding diaryl/α,β-unsaturated/α-hetero) is 1. The number of nitrogens with zero attached hydrogens (tertiary/aromatic N) is 3. The molecule has 2 heterocycles. The lowest BCUT2D eigenvalue weighted by Gasteiger charge is -2.26. The van der Waals surface area contributed by atoms with Crippen LogP contribution in [0.1, 0.15) is 20.7 Å². The Labute approximate surface area is 209 Å². The van der Waals surface area contributed by atoms with E-state index in [-0.39, 0.29) is 27.1 Å². The highest BCUT2D eigenvalue weighted by Gasteiger charge is 2.26. The van der Waals surface area contributed by atoms with Crippen LogP contribution in [0.15, 0.2) is 57.8 Å². The maximum atomic E-state index is 12.7. The standard InChI is InChI=1S/C21H19ClN4O5S3/c22-16-5-1-14(2-6-16)18(27)13-32-21-25-24-20(33-21)23-19(28)15-3-7-17(8-4-15)34(29,30)26-9-11-31-12-10-26/h1-8H,9-13H2,(H,23,24,28). The van der Waals surface area contributed by atoms with Gasteiger partial charge in [-0.05, 0) is 48.5 Å². The fraction of sp³-hybridized carbons (Fsp3) is 0.238. The fourth-order valence-corrected chi connectivity index (χ4v) is 6.22. The van der Waals surface area contributed by atoms with Gasteiger partial charge in [-0.2, -0.15) is 4.31 Å². The Morgan fingerprint density at radius 3 is 2.35 bits per heavy atom. The normalized spacial score (nSPS) is 14.6. The average molecular weight is 539 g/mol. The van der Waals surface area contributed by atoms with Gasteiger partial charge in [0.25, 0.3) is 5.91 Å². The minimum Gasteiger partial charge on any atom is -0.379 e. The summed E-state index contributed by atoms with van der Waals surface area (Å²) in [4.78, 5) is 24.9. The first-order chi connectivity index (χ1) is 16.3. The molecule has 13 heteroatoms. The third-order valence-corrected chi connectivity index (χ3v) is 8.98. The molecule has 1 saturated heterocycles. The van der Waals surface area contributed by atoms with Crippen molar-refractivity contribution in [2.75, 3.05) is 37.4 Å². The number of rotatable bonds is 8. The fourth-order valence-electron chi connectivity index (χ4n) is 3.05. The van der Waals surface area contributed by atoms with Crippen molar-refractivity contribution in [2.24, 2.45) is 0 Å². The molecule has 9 nitrogen and oxygen atoms in total. The van der Waals surface area contributed by atoms with Crippen LogP contribution in [0, 0.1) is 0 Å². The molecule has 3 aromatic rings. The lowest BCUT2D eigenvalue weighted by atomic mass is 10.1. The number of halogens is 1. The number of morpholine rings is 1. The summed E-state index contributed by atoms with van der Waals surface area (Å²) in [6.45, 7) is 1.31. The van der Waals surface area contributed by atoms with Gasteiger partial charge >= 0.3 is 0 Å². The summed E-state index contributed by atoms with van der Waals surface area (Å²) < 4.78 is 32.5. The van der Waals surface area contributed by atoms with Crippen molar-refractivity contribution < 1.29 is 22.7 Å². The highest BCUT2D eigenvalue weighted by atomic mass is 35.5. The summed E-state index contributed by atoms with van der Waals surface area (Å²) in [5.74, 6) is -0.349. The zero-order valence-corrected chi connectivity index (χ0v) is 20.8. The summed E-state index contributed by atoms with van der Waals surface area (Å²) in [5.41, 5.74) is 0.831. The Bertz CT molecular complexity index is 1270. The molecule has 4 rings (SSSR count). The molecule has 34 heavy (non-hydrogen) atoms. The van der Waals surface area contributed by atoms with Gasteiger partial charge in [-0.1, -0.05) is 34.7 Å². The molecule has 1 aliphatic rings. The van der Waals surface area contributed by atoms with Gasteiger partial charge in [0.1, 0.15) is 0 Å². The van der Waals surface area contributed by atoms with E-state index in [1.54, 1.807) is 24.3 Å². The van der Waals surface area contributed by atoms with Crippen LogP contribution in [0.3, 0.4) is 0 Å². The van der Waals surface area contributed by atoms with Crippen LogP contribution in [0.2, 0.25) is 5.02 Å². The van der Waals surface area contributed by atoms with Crippen molar-refractivity contribution in [3.63, 3.8) is 0 Å². The number of sulfonamides is 1. The molecule has 0 radical (unpaired) electrons. The van der Waals surface area contributed by atoms with E-state index >= 15 is 0 Å². The first kappa shape index (κ1) is 24.8. The van der Waals surface area contributed by atoms with E-state index in [0.717, 1.165) is 11.3 Å². The zero-order valence-electron chi connectivity index (χ0n) is 17.6. The molecule has 1 amide bonds. The highest BCUT2D eigenvalue weighted by Crippen LogP contribution is 2.27. The van der Waals surface area contributed by atoms with E-state index in [4.69, 9.17) is 16.3 Å². The number of anilines is 1. The molecule has 0 bridgehead atoms. The first-order valence-electron chi connectivity index (χ1n) is 10.1. The number of thioether (sulfide) groups is 1. The summed E-state index contributed by atoms with van der Waals surface area (Å²) in [6.07, 6.45) is 0. The van der Waals surface area contributed by atoms with Crippen molar-refractivity contribution in [3.8, 4) is 0 Å². The monoisotopic (exact) mass is 538 g/mol. The van der Waals surface area contributed by atoms with E-state index in [1.807, 2.05) is 0 Å². The van der Waals surface area contributed by atoms with E-state index in [2.05, 4.69) is 15.5 Å². The summed E-state index contributed by atoms with van der Waals surface area (Å²) in [5, 5.41) is 11.4. The number of carbonyl (C=O) groups is 2.